The summed E-state index contributed by atoms with van der Waals surface area (Å²) >= 11 is 1.68. The van der Waals surface area contributed by atoms with E-state index in [9.17, 15) is 4.79 Å². The molecule has 1 aromatic carbocycles. The van der Waals surface area contributed by atoms with Gasteiger partial charge in [0.1, 0.15) is 17.4 Å². The number of hydrogen-bond acceptors (Lipinski definition) is 4. The second-order valence-electron chi connectivity index (χ2n) is 4.77. The molecule has 3 N–H and O–H groups in total. The summed E-state index contributed by atoms with van der Waals surface area (Å²) in [4.78, 5) is 18.2. The Morgan fingerprint density at radius 3 is 2.95 bits per heavy atom. The molecule has 3 rings (SSSR count). The van der Waals surface area contributed by atoms with Crippen LogP contribution in [0.25, 0.3) is 11.0 Å². The first-order valence-electron chi connectivity index (χ1n) is 6.83. The first kappa shape index (κ1) is 13.9. The van der Waals surface area contributed by atoms with Crippen LogP contribution in [0.4, 0.5) is 0 Å². The fraction of sp³-hybridized carbons (Fsp3) is 0.267. The molecular formula is C15H17N3O2S. The first-order chi connectivity index (χ1) is 10.3. The SMILES string of the molecule is CNCC[C@H](Oc1cccc2[nH]c(=O)[nH]c12)c1cccs1. The van der Waals surface area contributed by atoms with E-state index in [0.717, 1.165) is 18.5 Å². The molecule has 0 aliphatic carbocycles. The van der Waals surface area contributed by atoms with Crippen LogP contribution in [-0.2, 0) is 0 Å². The number of thiophene rings is 1. The second-order valence-corrected chi connectivity index (χ2v) is 5.75. The van der Waals surface area contributed by atoms with Crippen molar-refractivity contribution < 1.29 is 4.74 Å². The van der Waals surface area contributed by atoms with Gasteiger partial charge in [-0.15, -0.1) is 11.3 Å². The normalized spacial score (nSPS) is 12.6. The average Bonchev–Trinajstić information content (AvgIpc) is 3.11. The number of hydrogen-bond donors (Lipinski definition) is 3. The first-order valence-corrected chi connectivity index (χ1v) is 7.71. The molecule has 0 radical (unpaired) electrons. The third kappa shape index (κ3) is 3.01. The molecule has 0 bridgehead atoms. The monoisotopic (exact) mass is 303 g/mol. The van der Waals surface area contributed by atoms with E-state index in [-0.39, 0.29) is 11.8 Å². The largest absolute Gasteiger partial charge is 0.483 e. The minimum Gasteiger partial charge on any atom is -0.483 e. The van der Waals surface area contributed by atoms with Crippen LogP contribution in [0, 0.1) is 0 Å². The summed E-state index contributed by atoms with van der Waals surface area (Å²) in [6.45, 7) is 0.863. The van der Waals surface area contributed by atoms with Crippen molar-refractivity contribution in [2.24, 2.45) is 0 Å². The third-order valence-corrected chi connectivity index (χ3v) is 4.26. The van der Waals surface area contributed by atoms with Gasteiger partial charge in [-0.25, -0.2) is 4.79 Å². The number of fused-ring (bicyclic) bond motifs is 1. The molecule has 5 nitrogen and oxygen atoms in total. The Hall–Kier alpha value is -2.05. The van der Waals surface area contributed by atoms with Gasteiger partial charge in [-0.3, -0.25) is 0 Å². The quantitative estimate of drug-likeness (QED) is 0.655. The Kier molecular flexibility index (Phi) is 4.08. The van der Waals surface area contributed by atoms with Gasteiger partial charge in [0.2, 0.25) is 0 Å². The predicted octanol–water partition coefficient (Wildman–Crippen LogP) is 2.65. The van der Waals surface area contributed by atoms with Crippen LogP contribution in [0.1, 0.15) is 17.4 Å². The Labute approximate surface area is 126 Å². The highest BCUT2D eigenvalue weighted by atomic mass is 32.1. The van der Waals surface area contributed by atoms with Crippen molar-refractivity contribution in [2.75, 3.05) is 13.6 Å². The summed E-state index contributed by atoms with van der Waals surface area (Å²) in [6.07, 6.45) is 0.837. The zero-order valence-electron chi connectivity index (χ0n) is 11.7. The Bertz CT molecular complexity index is 761. The highest BCUT2D eigenvalue weighted by Gasteiger charge is 2.16. The lowest BCUT2D eigenvalue weighted by Gasteiger charge is -2.18. The van der Waals surface area contributed by atoms with Gasteiger partial charge >= 0.3 is 5.69 Å². The van der Waals surface area contributed by atoms with Gasteiger partial charge in [0, 0.05) is 11.3 Å². The van der Waals surface area contributed by atoms with Crippen molar-refractivity contribution in [1.82, 2.24) is 15.3 Å². The van der Waals surface area contributed by atoms with E-state index in [1.807, 2.05) is 36.7 Å². The lowest BCUT2D eigenvalue weighted by Crippen LogP contribution is -2.15. The fourth-order valence-electron chi connectivity index (χ4n) is 2.29. The summed E-state index contributed by atoms with van der Waals surface area (Å²) in [6, 6.07) is 9.71. The van der Waals surface area contributed by atoms with Crippen LogP contribution in [0.2, 0.25) is 0 Å². The number of benzene rings is 1. The van der Waals surface area contributed by atoms with Gasteiger partial charge in [0.15, 0.2) is 0 Å². The Morgan fingerprint density at radius 2 is 2.19 bits per heavy atom. The number of nitrogens with one attached hydrogen (secondary N) is 3. The van der Waals surface area contributed by atoms with Gasteiger partial charge in [0.25, 0.3) is 0 Å². The van der Waals surface area contributed by atoms with Gasteiger partial charge in [-0.2, -0.15) is 0 Å². The van der Waals surface area contributed by atoms with Crippen molar-refractivity contribution in [3.05, 3.63) is 51.1 Å². The average molecular weight is 303 g/mol. The number of aromatic nitrogens is 2. The van der Waals surface area contributed by atoms with Gasteiger partial charge in [-0.05, 0) is 37.2 Å². The summed E-state index contributed by atoms with van der Waals surface area (Å²) < 4.78 is 6.17. The van der Waals surface area contributed by atoms with Crippen LogP contribution < -0.4 is 15.7 Å². The molecule has 21 heavy (non-hydrogen) atoms. The van der Waals surface area contributed by atoms with E-state index in [0.29, 0.717) is 11.3 Å². The molecule has 110 valence electrons. The molecule has 6 heteroatoms. The molecule has 1 atom stereocenters. The molecule has 0 saturated heterocycles. The maximum atomic E-state index is 11.5. The minimum absolute atomic E-state index is 0.0264. The lowest BCUT2D eigenvalue weighted by atomic mass is 10.2. The van der Waals surface area contributed by atoms with E-state index in [2.05, 4.69) is 21.4 Å². The Morgan fingerprint density at radius 1 is 1.29 bits per heavy atom. The van der Waals surface area contributed by atoms with Crippen LogP contribution in [0.15, 0.2) is 40.5 Å². The van der Waals surface area contributed by atoms with Crippen LogP contribution in [0.3, 0.4) is 0 Å². The molecular weight excluding hydrogens is 286 g/mol. The van der Waals surface area contributed by atoms with Gasteiger partial charge in [0.05, 0.1) is 5.52 Å². The third-order valence-electron chi connectivity index (χ3n) is 3.30. The van der Waals surface area contributed by atoms with E-state index in [4.69, 9.17) is 4.74 Å². The van der Waals surface area contributed by atoms with Crippen molar-refractivity contribution in [2.45, 2.75) is 12.5 Å². The summed E-state index contributed by atoms with van der Waals surface area (Å²) in [5.41, 5.74) is 1.26. The highest BCUT2D eigenvalue weighted by molar-refractivity contribution is 7.10. The molecule has 0 aliphatic rings. The molecule has 0 saturated carbocycles. The molecule has 2 heterocycles. The summed E-state index contributed by atoms with van der Waals surface area (Å²) in [5, 5.41) is 5.19. The predicted molar refractivity (Wildman–Crippen MR) is 85.2 cm³/mol. The van der Waals surface area contributed by atoms with Gasteiger partial charge in [-0.1, -0.05) is 12.1 Å². The lowest BCUT2D eigenvalue weighted by molar-refractivity contribution is 0.201. The molecule has 0 spiro atoms. The second kappa shape index (κ2) is 6.15. The van der Waals surface area contributed by atoms with E-state index < -0.39 is 0 Å². The van der Waals surface area contributed by atoms with Gasteiger partial charge < -0.3 is 20.0 Å². The fourth-order valence-corrected chi connectivity index (χ4v) is 3.08. The smallest absolute Gasteiger partial charge is 0.323 e. The topological polar surface area (TPSA) is 69.9 Å². The Balaban J connectivity index is 1.92. The van der Waals surface area contributed by atoms with E-state index in [1.54, 1.807) is 11.3 Å². The molecule has 0 fully saturated rings. The molecule has 3 aromatic rings. The van der Waals surface area contributed by atoms with E-state index in [1.165, 1.54) is 4.88 Å². The minimum atomic E-state index is -0.219. The highest BCUT2D eigenvalue weighted by Crippen LogP contribution is 2.30. The van der Waals surface area contributed by atoms with Crippen LogP contribution in [-0.4, -0.2) is 23.6 Å². The summed E-state index contributed by atoms with van der Waals surface area (Å²) in [7, 11) is 1.93. The van der Waals surface area contributed by atoms with Crippen LogP contribution in [0.5, 0.6) is 5.75 Å². The number of H-pyrrole nitrogens is 2. The standard InChI is InChI=1S/C15H17N3O2S/c1-16-8-7-11(13-6-3-9-21-13)20-12-5-2-4-10-14(12)18-15(19)17-10/h2-6,9,11,16H,7-8H2,1H3,(H2,17,18,19)/t11-/m0/s1. The molecule has 2 aromatic heterocycles. The number of imidazole rings is 1. The molecule has 0 unspecified atom stereocenters. The van der Waals surface area contributed by atoms with Crippen molar-refractivity contribution in [3.63, 3.8) is 0 Å². The number of rotatable bonds is 6. The maximum absolute atomic E-state index is 11.5. The zero-order chi connectivity index (χ0) is 14.7. The molecule has 0 aliphatic heterocycles. The maximum Gasteiger partial charge on any atom is 0.323 e. The number of aromatic amines is 2. The number of para-hydroxylation sites is 1. The van der Waals surface area contributed by atoms with E-state index >= 15 is 0 Å². The van der Waals surface area contributed by atoms with Crippen LogP contribution >= 0.6 is 11.3 Å². The molecule has 0 amide bonds. The summed E-state index contributed by atoms with van der Waals surface area (Å²) in [5.74, 6) is 0.695. The van der Waals surface area contributed by atoms with Crippen molar-refractivity contribution in [3.8, 4) is 5.75 Å². The van der Waals surface area contributed by atoms with Crippen molar-refractivity contribution >= 4 is 22.4 Å². The number of ether oxygens (including phenoxy) is 1. The zero-order valence-corrected chi connectivity index (χ0v) is 12.5. The van der Waals surface area contributed by atoms with Crippen molar-refractivity contribution in [1.29, 1.82) is 0 Å².